The highest BCUT2D eigenvalue weighted by atomic mass is 16.5. The molecule has 6 nitrogen and oxygen atoms in total. The largest absolute Gasteiger partial charge is 0.379 e. The standard InChI is InChI=1S/C15H26N4O2/c1-15(2,3)13(7-19-6-5-17-10-19)18-14(20)11-8-21-9-12(11)16-4/h5-6,10-13,16H,7-9H2,1-4H3,(H,18,20). The predicted molar refractivity (Wildman–Crippen MR) is 80.8 cm³/mol. The Morgan fingerprint density at radius 2 is 2.24 bits per heavy atom. The van der Waals surface area contributed by atoms with Gasteiger partial charge in [0.25, 0.3) is 0 Å². The van der Waals surface area contributed by atoms with Crippen LogP contribution in [0.15, 0.2) is 18.7 Å². The number of hydrogen-bond acceptors (Lipinski definition) is 4. The first-order chi connectivity index (χ1) is 9.91. The second-order valence-corrected chi connectivity index (χ2v) is 6.73. The molecule has 2 N–H and O–H groups in total. The van der Waals surface area contributed by atoms with Crippen LogP contribution in [0.3, 0.4) is 0 Å². The molecule has 0 aromatic carbocycles. The minimum atomic E-state index is -0.123. The Morgan fingerprint density at radius 1 is 1.48 bits per heavy atom. The fourth-order valence-electron chi connectivity index (χ4n) is 2.52. The molecule has 3 atom stereocenters. The van der Waals surface area contributed by atoms with Crippen LogP contribution in [0.1, 0.15) is 20.8 Å². The summed E-state index contributed by atoms with van der Waals surface area (Å²) in [4.78, 5) is 16.6. The molecular formula is C15H26N4O2. The molecule has 1 amide bonds. The summed E-state index contributed by atoms with van der Waals surface area (Å²) in [6.07, 6.45) is 5.45. The number of aromatic nitrogens is 2. The number of carbonyl (C=O) groups is 1. The fraction of sp³-hybridized carbons (Fsp3) is 0.733. The lowest BCUT2D eigenvalue weighted by atomic mass is 9.86. The van der Waals surface area contributed by atoms with Crippen molar-refractivity contribution in [3.63, 3.8) is 0 Å². The molecule has 0 saturated carbocycles. The maximum Gasteiger partial charge on any atom is 0.227 e. The summed E-state index contributed by atoms with van der Waals surface area (Å²) in [7, 11) is 1.87. The number of likely N-dealkylation sites (N-methyl/N-ethyl adjacent to an activating group) is 1. The molecule has 1 aliphatic heterocycles. The van der Waals surface area contributed by atoms with E-state index in [-0.39, 0.29) is 29.3 Å². The van der Waals surface area contributed by atoms with Crippen LogP contribution in [0, 0.1) is 11.3 Å². The lowest BCUT2D eigenvalue weighted by Crippen LogP contribution is -2.51. The molecule has 118 valence electrons. The smallest absolute Gasteiger partial charge is 0.227 e. The summed E-state index contributed by atoms with van der Waals surface area (Å²) in [6, 6.07) is 0.135. The van der Waals surface area contributed by atoms with E-state index in [4.69, 9.17) is 4.74 Å². The minimum absolute atomic E-state index is 0.0332. The first-order valence-electron chi connectivity index (χ1n) is 7.43. The van der Waals surface area contributed by atoms with Gasteiger partial charge in [-0.05, 0) is 12.5 Å². The van der Waals surface area contributed by atoms with E-state index in [9.17, 15) is 4.79 Å². The molecule has 1 aromatic heterocycles. The number of rotatable bonds is 5. The Balaban J connectivity index is 2.03. The molecule has 0 radical (unpaired) electrons. The average molecular weight is 294 g/mol. The van der Waals surface area contributed by atoms with Gasteiger partial charge in [0.15, 0.2) is 0 Å². The average Bonchev–Trinajstić information content (AvgIpc) is 3.07. The molecule has 6 heteroatoms. The van der Waals surface area contributed by atoms with Gasteiger partial charge in [0, 0.05) is 25.0 Å². The van der Waals surface area contributed by atoms with E-state index in [2.05, 4.69) is 36.4 Å². The van der Waals surface area contributed by atoms with Crippen LogP contribution in [0.25, 0.3) is 0 Å². The molecule has 2 heterocycles. The number of imidazole rings is 1. The van der Waals surface area contributed by atoms with Crippen LogP contribution in [0.2, 0.25) is 0 Å². The maximum atomic E-state index is 12.5. The van der Waals surface area contributed by atoms with Gasteiger partial charge in [0.05, 0.1) is 31.5 Å². The summed E-state index contributed by atoms with van der Waals surface area (Å²) >= 11 is 0. The topological polar surface area (TPSA) is 68.2 Å². The number of ether oxygens (including phenoxy) is 1. The van der Waals surface area contributed by atoms with Crippen LogP contribution in [0.5, 0.6) is 0 Å². The van der Waals surface area contributed by atoms with E-state index >= 15 is 0 Å². The summed E-state index contributed by atoms with van der Waals surface area (Å²) < 4.78 is 7.41. The Kier molecular flexibility index (Phi) is 5.00. The van der Waals surface area contributed by atoms with E-state index < -0.39 is 0 Å². The van der Waals surface area contributed by atoms with Crippen molar-refractivity contribution < 1.29 is 9.53 Å². The summed E-state index contributed by atoms with van der Waals surface area (Å²) in [5, 5.41) is 6.35. The van der Waals surface area contributed by atoms with Crippen molar-refractivity contribution >= 4 is 5.91 Å². The van der Waals surface area contributed by atoms with Gasteiger partial charge >= 0.3 is 0 Å². The van der Waals surface area contributed by atoms with Crippen LogP contribution < -0.4 is 10.6 Å². The van der Waals surface area contributed by atoms with Crippen molar-refractivity contribution in [1.82, 2.24) is 20.2 Å². The van der Waals surface area contributed by atoms with E-state index in [1.807, 2.05) is 17.8 Å². The summed E-state index contributed by atoms with van der Waals surface area (Å²) in [6.45, 7) is 8.20. The zero-order chi connectivity index (χ0) is 15.5. The van der Waals surface area contributed by atoms with Gasteiger partial charge in [-0.1, -0.05) is 20.8 Å². The third-order valence-electron chi connectivity index (χ3n) is 4.10. The van der Waals surface area contributed by atoms with Crippen molar-refractivity contribution in [1.29, 1.82) is 0 Å². The first-order valence-corrected chi connectivity index (χ1v) is 7.43. The molecule has 21 heavy (non-hydrogen) atoms. The minimum Gasteiger partial charge on any atom is -0.379 e. The number of carbonyl (C=O) groups excluding carboxylic acids is 1. The van der Waals surface area contributed by atoms with Crippen LogP contribution in [-0.2, 0) is 16.1 Å². The van der Waals surface area contributed by atoms with E-state index in [0.717, 1.165) is 0 Å². The lowest BCUT2D eigenvalue weighted by molar-refractivity contribution is -0.127. The normalized spacial score (nSPS) is 24.0. The zero-order valence-corrected chi connectivity index (χ0v) is 13.3. The third kappa shape index (κ3) is 4.04. The van der Waals surface area contributed by atoms with Crippen molar-refractivity contribution in [3.8, 4) is 0 Å². The van der Waals surface area contributed by atoms with E-state index in [0.29, 0.717) is 19.8 Å². The predicted octanol–water partition coefficient (Wildman–Crippen LogP) is 0.648. The molecule has 1 aromatic rings. The number of hydrogen-bond donors (Lipinski definition) is 2. The molecule has 2 rings (SSSR count). The van der Waals surface area contributed by atoms with Crippen LogP contribution >= 0.6 is 0 Å². The van der Waals surface area contributed by atoms with Crippen LogP contribution in [0.4, 0.5) is 0 Å². The SMILES string of the molecule is CNC1COCC1C(=O)NC(Cn1ccnc1)C(C)(C)C. The molecular weight excluding hydrogens is 268 g/mol. The quantitative estimate of drug-likeness (QED) is 0.836. The van der Waals surface area contributed by atoms with Crippen LogP contribution in [-0.4, -0.2) is 47.8 Å². The molecule has 0 aliphatic carbocycles. The third-order valence-corrected chi connectivity index (χ3v) is 4.10. The highest BCUT2D eigenvalue weighted by molar-refractivity contribution is 5.80. The Bertz CT molecular complexity index is 453. The van der Waals surface area contributed by atoms with Gasteiger partial charge < -0.3 is 19.9 Å². The second-order valence-electron chi connectivity index (χ2n) is 6.73. The van der Waals surface area contributed by atoms with Gasteiger partial charge in [0.2, 0.25) is 5.91 Å². The second kappa shape index (κ2) is 6.58. The highest BCUT2D eigenvalue weighted by Gasteiger charge is 2.36. The monoisotopic (exact) mass is 294 g/mol. The molecule has 1 aliphatic rings. The van der Waals surface area contributed by atoms with Gasteiger partial charge in [-0.3, -0.25) is 4.79 Å². The molecule has 1 saturated heterocycles. The van der Waals surface area contributed by atoms with E-state index in [1.54, 1.807) is 12.5 Å². The Morgan fingerprint density at radius 3 is 2.81 bits per heavy atom. The zero-order valence-electron chi connectivity index (χ0n) is 13.3. The first kappa shape index (κ1) is 16.0. The number of nitrogens with zero attached hydrogens (tertiary/aromatic N) is 2. The molecule has 0 spiro atoms. The van der Waals surface area contributed by atoms with Gasteiger partial charge in [-0.2, -0.15) is 0 Å². The van der Waals surface area contributed by atoms with Crippen molar-refractivity contribution in [2.45, 2.75) is 39.4 Å². The summed E-state index contributed by atoms with van der Waals surface area (Å²) in [5.74, 6) is -0.0606. The van der Waals surface area contributed by atoms with Crippen molar-refractivity contribution in [2.75, 3.05) is 20.3 Å². The lowest BCUT2D eigenvalue weighted by Gasteiger charge is -2.33. The van der Waals surface area contributed by atoms with Gasteiger partial charge in [-0.15, -0.1) is 0 Å². The number of amides is 1. The van der Waals surface area contributed by atoms with Crippen molar-refractivity contribution in [3.05, 3.63) is 18.7 Å². The van der Waals surface area contributed by atoms with E-state index in [1.165, 1.54) is 0 Å². The van der Waals surface area contributed by atoms with Gasteiger partial charge in [-0.25, -0.2) is 4.98 Å². The molecule has 1 fully saturated rings. The highest BCUT2D eigenvalue weighted by Crippen LogP contribution is 2.22. The maximum absolute atomic E-state index is 12.5. The Labute approximate surface area is 126 Å². The van der Waals surface area contributed by atoms with Crippen molar-refractivity contribution in [2.24, 2.45) is 11.3 Å². The Hall–Kier alpha value is -1.40. The van der Waals surface area contributed by atoms with Gasteiger partial charge in [0.1, 0.15) is 0 Å². The number of nitrogens with one attached hydrogen (secondary N) is 2. The molecule has 3 unspecified atom stereocenters. The summed E-state index contributed by atoms with van der Waals surface area (Å²) in [5.41, 5.74) is -0.0332. The molecule has 0 bridgehead atoms. The fourth-order valence-corrected chi connectivity index (χ4v) is 2.52.